The molecule has 1 aromatic rings. The maximum Gasteiger partial charge on any atom is 0.123 e. The number of hydrogen-bond acceptors (Lipinski definition) is 2. The molecule has 90 valence electrons. The Morgan fingerprint density at radius 3 is 2.75 bits per heavy atom. The average Bonchev–Trinajstić information content (AvgIpc) is 2.30. The van der Waals surface area contributed by atoms with E-state index in [1.807, 2.05) is 0 Å². The molecule has 0 saturated heterocycles. The zero-order valence-corrected chi connectivity index (χ0v) is 10.9. The largest absolute Gasteiger partial charge is 0.491 e. The normalized spacial score (nSPS) is 10.4. The van der Waals surface area contributed by atoms with Crippen LogP contribution in [-0.4, -0.2) is 19.8 Å². The highest BCUT2D eigenvalue weighted by Gasteiger charge is 2.03. The molecule has 1 rings (SSSR count). The summed E-state index contributed by atoms with van der Waals surface area (Å²) in [5.74, 6) is 0.461. The minimum absolute atomic E-state index is 0.246. The van der Waals surface area contributed by atoms with Gasteiger partial charge in [0.25, 0.3) is 0 Å². The summed E-state index contributed by atoms with van der Waals surface area (Å²) in [4.78, 5) is 0. The van der Waals surface area contributed by atoms with Gasteiger partial charge in [0.2, 0.25) is 0 Å². The van der Waals surface area contributed by atoms with Gasteiger partial charge in [0.15, 0.2) is 0 Å². The molecule has 16 heavy (non-hydrogen) atoms. The van der Waals surface area contributed by atoms with Crippen LogP contribution in [0.1, 0.15) is 18.9 Å². The molecule has 0 saturated carbocycles. The van der Waals surface area contributed by atoms with Crippen molar-refractivity contribution in [1.29, 1.82) is 0 Å². The molecule has 0 fully saturated rings. The van der Waals surface area contributed by atoms with Crippen LogP contribution in [0.3, 0.4) is 0 Å². The lowest BCUT2D eigenvalue weighted by Crippen LogP contribution is -2.08. The van der Waals surface area contributed by atoms with E-state index in [4.69, 9.17) is 9.47 Å². The third-order valence-corrected chi connectivity index (χ3v) is 2.60. The Hall–Kier alpha value is -0.610. The highest BCUT2D eigenvalue weighted by molar-refractivity contribution is 9.08. The lowest BCUT2D eigenvalue weighted by molar-refractivity contribution is 0.100. The van der Waals surface area contributed by atoms with Crippen molar-refractivity contribution in [3.05, 3.63) is 29.6 Å². The van der Waals surface area contributed by atoms with Gasteiger partial charge in [0.1, 0.15) is 18.2 Å². The van der Waals surface area contributed by atoms with Crippen LogP contribution in [-0.2, 0) is 10.1 Å². The maximum absolute atomic E-state index is 12.9. The first-order valence-corrected chi connectivity index (χ1v) is 6.45. The minimum atomic E-state index is -0.246. The first kappa shape index (κ1) is 13.5. The molecule has 4 heteroatoms. The van der Waals surface area contributed by atoms with E-state index in [0.29, 0.717) is 24.3 Å². The Labute approximate surface area is 104 Å². The molecule has 0 bridgehead atoms. The molecule has 0 heterocycles. The molecular weight excluding hydrogens is 275 g/mol. The second-order valence-corrected chi connectivity index (χ2v) is 3.91. The summed E-state index contributed by atoms with van der Waals surface area (Å²) < 4.78 is 23.7. The number of hydrogen-bond donors (Lipinski definition) is 0. The summed E-state index contributed by atoms with van der Waals surface area (Å²) in [7, 11) is 0. The van der Waals surface area contributed by atoms with Crippen molar-refractivity contribution in [2.45, 2.75) is 18.7 Å². The van der Waals surface area contributed by atoms with Crippen molar-refractivity contribution in [3.63, 3.8) is 0 Å². The smallest absolute Gasteiger partial charge is 0.123 e. The van der Waals surface area contributed by atoms with Gasteiger partial charge in [-0.2, -0.15) is 0 Å². The van der Waals surface area contributed by atoms with Gasteiger partial charge in [-0.15, -0.1) is 0 Å². The molecule has 0 aliphatic heterocycles. The first-order valence-electron chi connectivity index (χ1n) is 5.33. The summed E-state index contributed by atoms with van der Waals surface area (Å²) in [6.07, 6.45) is 1.00. The highest BCUT2D eigenvalue weighted by atomic mass is 79.9. The number of alkyl halides is 1. The van der Waals surface area contributed by atoms with Crippen LogP contribution in [0.2, 0.25) is 0 Å². The maximum atomic E-state index is 12.9. The Morgan fingerprint density at radius 1 is 1.25 bits per heavy atom. The topological polar surface area (TPSA) is 18.5 Å². The Morgan fingerprint density at radius 2 is 2.06 bits per heavy atom. The van der Waals surface area contributed by atoms with E-state index in [9.17, 15) is 4.39 Å². The van der Waals surface area contributed by atoms with E-state index in [-0.39, 0.29) is 5.82 Å². The lowest BCUT2D eigenvalue weighted by Gasteiger charge is -2.10. The first-order chi connectivity index (χ1) is 7.77. The molecule has 0 aliphatic carbocycles. The van der Waals surface area contributed by atoms with E-state index in [1.54, 1.807) is 6.07 Å². The molecule has 2 nitrogen and oxygen atoms in total. The fourth-order valence-corrected chi connectivity index (χ4v) is 1.69. The van der Waals surface area contributed by atoms with E-state index in [1.165, 1.54) is 12.1 Å². The zero-order chi connectivity index (χ0) is 11.8. The van der Waals surface area contributed by atoms with Crippen LogP contribution in [0, 0.1) is 5.82 Å². The number of halogens is 2. The third-order valence-electron chi connectivity index (χ3n) is 2.00. The van der Waals surface area contributed by atoms with Crippen molar-refractivity contribution in [2.75, 3.05) is 19.8 Å². The van der Waals surface area contributed by atoms with E-state index >= 15 is 0 Å². The van der Waals surface area contributed by atoms with Crippen LogP contribution < -0.4 is 4.74 Å². The number of ether oxygens (including phenoxy) is 2. The van der Waals surface area contributed by atoms with Crippen molar-refractivity contribution in [2.24, 2.45) is 0 Å². The van der Waals surface area contributed by atoms with Crippen molar-refractivity contribution < 1.29 is 13.9 Å². The zero-order valence-electron chi connectivity index (χ0n) is 9.34. The molecule has 0 spiro atoms. The van der Waals surface area contributed by atoms with Crippen molar-refractivity contribution in [3.8, 4) is 5.75 Å². The van der Waals surface area contributed by atoms with Gasteiger partial charge in [-0.25, -0.2) is 4.39 Å². The van der Waals surface area contributed by atoms with Crippen molar-refractivity contribution >= 4 is 15.9 Å². The predicted molar refractivity (Wildman–Crippen MR) is 65.6 cm³/mol. The molecule has 1 aromatic carbocycles. The molecule has 0 aliphatic rings. The molecule has 0 atom stereocenters. The monoisotopic (exact) mass is 290 g/mol. The summed E-state index contributed by atoms with van der Waals surface area (Å²) in [5, 5.41) is 0.579. The Balaban J connectivity index is 2.41. The van der Waals surface area contributed by atoms with Gasteiger partial charge in [-0.05, 0) is 24.6 Å². The predicted octanol–water partition coefficient (Wildman–Crippen LogP) is 3.53. The molecular formula is C12H16BrFO2. The van der Waals surface area contributed by atoms with Gasteiger partial charge in [-0.3, -0.25) is 0 Å². The van der Waals surface area contributed by atoms with Gasteiger partial charge in [0, 0.05) is 17.5 Å². The van der Waals surface area contributed by atoms with Gasteiger partial charge >= 0.3 is 0 Å². The molecule has 0 aromatic heterocycles. The van der Waals surface area contributed by atoms with Crippen LogP contribution in [0.15, 0.2) is 18.2 Å². The van der Waals surface area contributed by atoms with E-state index in [2.05, 4.69) is 22.9 Å². The Bertz CT molecular complexity index is 318. The summed E-state index contributed by atoms with van der Waals surface area (Å²) in [6, 6.07) is 4.51. The fourth-order valence-electron chi connectivity index (χ4n) is 1.25. The summed E-state index contributed by atoms with van der Waals surface area (Å²) >= 11 is 3.30. The van der Waals surface area contributed by atoms with E-state index in [0.717, 1.165) is 18.6 Å². The lowest BCUT2D eigenvalue weighted by atomic mass is 10.2. The quantitative estimate of drug-likeness (QED) is 0.565. The molecule has 0 radical (unpaired) electrons. The fraction of sp³-hybridized carbons (Fsp3) is 0.500. The second kappa shape index (κ2) is 7.63. The molecule has 0 amide bonds. The average molecular weight is 291 g/mol. The summed E-state index contributed by atoms with van der Waals surface area (Å²) in [6.45, 7) is 3.86. The highest BCUT2D eigenvalue weighted by Crippen LogP contribution is 2.22. The van der Waals surface area contributed by atoms with Crippen LogP contribution in [0.4, 0.5) is 4.39 Å². The standard InChI is InChI=1S/C12H16BrFO2/c1-2-5-15-6-7-16-12-4-3-11(14)8-10(12)9-13/h3-4,8H,2,5-7,9H2,1H3. The minimum Gasteiger partial charge on any atom is -0.491 e. The van der Waals surface area contributed by atoms with Crippen LogP contribution in [0.25, 0.3) is 0 Å². The van der Waals surface area contributed by atoms with E-state index < -0.39 is 0 Å². The number of benzene rings is 1. The van der Waals surface area contributed by atoms with Crippen LogP contribution in [0.5, 0.6) is 5.75 Å². The Kier molecular flexibility index (Phi) is 6.42. The molecule has 0 N–H and O–H groups in total. The van der Waals surface area contributed by atoms with Crippen molar-refractivity contribution in [1.82, 2.24) is 0 Å². The van der Waals surface area contributed by atoms with Gasteiger partial charge in [0.05, 0.1) is 6.61 Å². The molecule has 0 unspecified atom stereocenters. The third kappa shape index (κ3) is 4.49. The SMILES string of the molecule is CCCOCCOc1ccc(F)cc1CBr. The van der Waals surface area contributed by atoms with Gasteiger partial charge in [-0.1, -0.05) is 22.9 Å². The van der Waals surface area contributed by atoms with Crippen LogP contribution >= 0.6 is 15.9 Å². The summed E-state index contributed by atoms with van der Waals surface area (Å²) in [5.41, 5.74) is 0.815. The number of rotatable bonds is 7. The second-order valence-electron chi connectivity index (χ2n) is 3.35. The van der Waals surface area contributed by atoms with Gasteiger partial charge < -0.3 is 9.47 Å².